The topological polar surface area (TPSA) is 59.9 Å². The van der Waals surface area contributed by atoms with Crippen LogP contribution in [0.2, 0.25) is 0 Å². The van der Waals surface area contributed by atoms with E-state index in [0.29, 0.717) is 6.42 Å². The van der Waals surface area contributed by atoms with Gasteiger partial charge < -0.3 is 9.47 Å². The molecule has 132 valence electrons. The quantitative estimate of drug-likeness (QED) is 0.392. The minimum atomic E-state index is -0.0244. The maximum atomic E-state index is 11.8. The Bertz CT molecular complexity index is 570. The zero-order chi connectivity index (χ0) is 17.2. The number of nitrogens with one attached hydrogen (secondary N) is 1. The van der Waals surface area contributed by atoms with Gasteiger partial charge in [0.15, 0.2) is 11.5 Å². The standard InChI is InChI=1S/C19H28N2O3/c1-3-4-5-6-7-8-9-10-19(22)21-20-15(2)16-11-12-17-18(13-16)24-14-23-17/h11-13H,3-10,14H2,1-2H3,(H,21,22). The van der Waals surface area contributed by atoms with Crippen LogP contribution in [0.25, 0.3) is 0 Å². The summed E-state index contributed by atoms with van der Waals surface area (Å²) in [5.74, 6) is 1.44. The lowest BCUT2D eigenvalue weighted by Crippen LogP contribution is -2.18. The summed E-state index contributed by atoms with van der Waals surface area (Å²) in [6.45, 7) is 4.34. The highest BCUT2D eigenvalue weighted by Crippen LogP contribution is 2.32. The fourth-order valence-electron chi connectivity index (χ4n) is 2.63. The third-order valence-corrected chi connectivity index (χ3v) is 4.15. The van der Waals surface area contributed by atoms with Gasteiger partial charge in [0.05, 0.1) is 5.71 Å². The second-order valence-electron chi connectivity index (χ2n) is 6.17. The molecule has 0 aromatic heterocycles. The Morgan fingerprint density at radius 3 is 2.58 bits per heavy atom. The van der Waals surface area contributed by atoms with Crippen molar-refractivity contribution < 1.29 is 14.3 Å². The molecule has 1 aliphatic heterocycles. The molecule has 24 heavy (non-hydrogen) atoms. The average Bonchev–Trinajstić information content (AvgIpc) is 3.06. The largest absolute Gasteiger partial charge is 0.454 e. The molecule has 0 spiro atoms. The summed E-state index contributed by atoms with van der Waals surface area (Å²) in [4.78, 5) is 11.8. The number of hydrogen-bond acceptors (Lipinski definition) is 4. The molecular formula is C19H28N2O3. The molecule has 0 saturated carbocycles. The molecule has 0 radical (unpaired) electrons. The van der Waals surface area contributed by atoms with E-state index in [4.69, 9.17) is 9.47 Å². The molecule has 0 atom stereocenters. The third kappa shape index (κ3) is 5.87. The predicted molar refractivity (Wildman–Crippen MR) is 95.5 cm³/mol. The Labute approximate surface area is 144 Å². The molecule has 1 aromatic rings. The second kappa shape index (κ2) is 9.96. The minimum absolute atomic E-state index is 0.0244. The summed E-state index contributed by atoms with van der Waals surface area (Å²) < 4.78 is 10.6. The number of ether oxygens (including phenoxy) is 2. The Kier molecular flexibility index (Phi) is 7.59. The summed E-state index contributed by atoms with van der Waals surface area (Å²) in [7, 11) is 0. The molecule has 1 heterocycles. The number of rotatable bonds is 10. The lowest BCUT2D eigenvalue weighted by atomic mass is 10.1. The van der Waals surface area contributed by atoms with E-state index < -0.39 is 0 Å². The van der Waals surface area contributed by atoms with Gasteiger partial charge in [0.25, 0.3) is 0 Å². The molecule has 1 aliphatic rings. The van der Waals surface area contributed by atoms with E-state index in [0.717, 1.165) is 35.6 Å². The molecule has 1 aromatic carbocycles. The van der Waals surface area contributed by atoms with E-state index in [1.165, 1.54) is 32.1 Å². The molecule has 0 bridgehead atoms. The fourth-order valence-corrected chi connectivity index (χ4v) is 2.63. The Hall–Kier alpha value is -2.04. The number of fused-ring (bicyclic) bond motifs is 1. The molecule has 5 heteroatoms. The van der Waals surface area contributed by atoms with Gasteiger partial charge in [0.2, 0.25) is 12.7 Å². The highest BCUT2D eigenvalue weighted by atomic mass is 16.7. The van der Waals surface area contributed by atoms with Gasteiger partial charge in [-0.1, -0.05) is 45.4 Å². The van der Waals surface area contributed by atoms with Crippen molar-refractivity contribution in [1.29, 1.82) is 0 Å². The smallest absolute Gasteiger partial charge is 0.240 e. The van der Waals surface area contributed by atoms with E-state index in [1.807, 2.05) is 25.1 Å². The lowest BCUT2D eigenvalue weighted by Gasteiger charge is -2.04. The van der Waals surface area contributed by atoms with E-state index in [2.05, 4.69) is 17.5 Å². The average molecular weight is 332 g/mol. The molecular weight excluding hydrogens is 304 g/mol. The van der Waals surface area contributed by atoms with Crippen molar-refractivity contribution in [2.75, 3.05) is 6.79 Å². The molecule has 2 rings (SSSR count). The highest BCUT2D eigenvalue weighted by molar-refractivity contribution is 5.99. The Morgan fingerprint density at radius 2 is 1.79 bits per heavy atom. The van der Waals surface area contributed by atoms with Crippen LogP contribution in [-0.2, 0) is 4.79 Å². The molecule has 5 nitrogen and oxygen atoms in total. The number of hydrogen-bond donors (Lipinski definition) is 1. The number of carbonyl (C=O) groups is 1. The van der Waals surface area contributed by atoms with Crippen LogP contribution in [0, 0.1) is 0 Å². The first-order valence-electron chi connectivity index (χ1n) is 8.94. The predicted octanol–water partition coefficient (Wildman–Crippen LogP) is 4.40. The van der Waals surface area contributed by atoms with Gasteiger partial charge in [-0.2, -0.15) is 5.10 Å². The maximum Gasteiger partial charge on any atom is 0.240 e. The summed E-state index contributed by atoms with van der Waals surface area (Å²) in [6.07, 6.45) is 8.95. The SMILES string of the molecule is CCCCCCCCCC(=O)NN=C(C)c1ccc2c(c1)OCO2. The van der Waals surface area contributed by atoms with Gasteiger partial charge >= 0.3 is 0 Å². The normalized spacial score (nSPS) is 13.2. The van der Waals surface area contributed by atoms with Gasteiger partial charge in [-0.15, -0.1) is 0 Å². The van der Waals surface area contributed by atoms with Gasteiger partial charge in [0.1, 0.15) is 0 Å². The zero-order valence-electron chi connectivity index (χ0n) is 14.8. The van der Waals surface area contributed by atoms with E-state index >= 15 is 0 Å². The molecule has 0 unspecified atom stereocenters. The number of unbranched alkanes of at least 4 members (excludes halogenated alkanes) is 6. The first-order valence-corrected chi connectivity index (χ1v) is 8.94. The molecule has 0 aliphatic carbocycles. The molecule has 0 saturated heterocycles. The summed E-state index contributed by atoms with van der Waals surface area (Å²) in [5, 5.41) is 4.18. The number of hydrazone groups is 1. The first kappa shape index (κ1) is 18.3. The van der Waals surface area contributed by atoms with Crippen LogP contribution in [0.3, 0.4) is 0 Å². The van der Waals surface area contributed by atoms with Gasteiger partial charge in [0, 0.05) is 12.0 Å². The minimum Gasteiger partial charge on any atom is -0.454 e. The van der Waals surface area contributed by atoms with Crippen LogP contribution in [0.1, 0.15) is 70.8 Å². The maximum absolute atomic E-state index is 11.8. The second-order valence-corrected chi connectivity index (χ2v) is 6.17. The van der Waals surface area contributed by atoms with Crippen molar-refractivity contribution in [3.63, 3.8) is 0 Å². The molecule has 0 fully saturated rings. The highest BCUT2D eigenvalue weighted by Gasteiger charge is 2.14. The number of nitrogens with zero attached hydrogens (tertiary/aromatic N) is 1. The van der Waals surface area contributed by atoms with Crippen LogP contribution in [0.5, 0.6) is 11.5 Å². The van der Waals surface area contributed by atoms with E-state index in [9.17, 15) is 4.79 Å². The van der Waals surface area contributed by atoms with Crippen molar-refractivity contribution in [1.82, 2.24) is 5.43 Å². The number of benzene rings is 1. The molecule has 1 N–H and O–H groups in total. The Balaban J connectivity index is 1.67. The van der Waals surface area contributed by atoms with Crippen LogP contribution >= 0.6 is 0 Å². The van der Waals surface area contributed by atoms with Crippen molar-refractivity contribution >= 4 is 11.6 Å². The fraction of sp³-hybridized carbons (Fsp3) is 0.579. The van der Waals surface area contributed by atoms with E-state index in [-0.39, 0.29) is 12.7 Å². The van der Waals surface area contributed by atoms with Gasteiger partial charge in [-0.05, 0) is 31.5 Å². The van der Waals surface area contributed by atoms with Crippen molar-refractivity contribution in [3.05, 3.63) is 23.8 Å². The molecule has 1 amide bonds. The summed E-state index contributed by atoms with van der Waals surface area (Å²) in [5.41, 5.74) is 4.30. The number of amides is 1. The summed E-state index contributed by atoms with van der Waals surface area (Å²) in [6, 6.07) is 5.65. The first-order chi connectivity index (χ1) is 11.7. The van der Waals surface area contributed by atoms with Gasteiger partial charge in [-0.3, -0.25) is 4.79 Å². The zero-order valence-corrected chi connectivity index (χ0v) is 14.8. The van der Waals surface area contributed by atoms with Crippen LogP contribution < -0.4 is 14.9 Å². The Morgan fingerprint density at radius 1 is 1.08 bits per heavy atom. The van der Waals surface area contributed by atoms with E-state index in [1.54, 1.807) is 0 Å². The van der Waals surface area contributed by atoms with Crippen molar-refractivity contribution in [3.8, 4) is 11.5 Å². The third-order valence-electron chi connectivity index (χ3n) is 4.15. The van der Waals surface area contributed by atoms with Crippen LogP contribution in [0.15, 0.2) is 23.3 Å². The van der Waals surface area contributed by atoms with Crippen LogP contribution in [-0.4, -0.2) is 18.4 Å². The van der Waals surface area contributed by atoms with Crippen molar-refractivity contribution in [2.45, 2.75) is 65.2 Å². The summed E-state index contributed by atoms with van der Waals surface area (Å²) >= 11 is 0. The van der Waals surface area contributed by atoms with Crippen molar-refractivity contribution in [2.24, 2.45) is 5.10 Å². The van der Waals surface area contributed by atoms with Gasteiger partial charge in [-0.25, -0.2) is 5.43 Å². The lowest BCUT2D eigenvalue weighted by molar-refractivity contribution is -0.121. The number of carbonyl (C=O) groups excluding carboxylic acids is 1. The van der Waals surface area contributed by atoms with Crippen LogP contribution in [0.4, 0.5) is 0 Å². The monoisotopic (exact) mass is 332 g/mol.